The van der Waals surface area contributed by atoms with Crippen molar-refractivity contribution in [2.24, 2.45) is 17.1 Å². The Morgan fingerprint density at radius 2 is 2.05 bits per heavy atom. The Morgan fingerprint density at radius 3 is 2.64 bits per heavy atom. The van der Waals surface area contributed by atoms with Crippen LogP contribution in [0.25, 0.3) is 0 Å². The predicted octanol–water partition coefficient (Wildman–Crippen LogP) is 0.492. The van der Waals surface area contributed by atoms with Crippen molar-refractivity contribution >= 4 is 28.2 Å². The Kier molecular flexibility index (Phi) is 5.93. The second-order valence-electron chi connectivity index (χ2n) is 6.62. The van der Waals surface area contributed by atoms with Gasteiger partial charge in [0.15, 0.2) is 9.84 Å². The summed E-state index contributed by atoms with van der Waals surface area (Å²) < 4.78 is 28.7. The molecule has 1 aliphatic heterocycles. The number of ether oxygens (including phenoxy) is 1. The van der Waals surface area contributed by atoms with Crippen LogP contribution in [0.3, 0.4) is 0 Å². The zero-order valence-corrected chi connectivity index (χ0v) is 15.1. The van der Waals surface area contributed by atoms with E-state index < -0.39 is 20.8 Å². The molecule has 3 N–H and O–H groups in total. The van der Waals surface area contributed by atoms with Gasteiger partial charge < -0.3 is 15.8 Å². The number of hydrogen-bond acceptors (Lipinski definition) is 5. The van der Waals surface area contributed by atoms with E-state index in [4.69, 9.17) is 10.5 Å². The highest BCUT2D eigenvalue weighted by molar-refractivity contribution is 7.91. The molecule has 2 rings (SSSR count). The van der Waals surface area contributed by atoms with Crippen LogP contribution in [0.5, 0.6) is 0 Å². The molecule has 1 saturated heterocycles. The van der Waals surface area contributed by atoms with Gasteiger partial charge in [-0.3, -0.25) is 4.79 Å². The molecule has 0 spiro atoms. The van der Waals surface area contributed by atoms with Gasteiger partial charge in [0.1, 0.15) is 5.54 Å². The second-order valence-corrected chi connectivity index (χ2v) is 9.10. The van der Waals surface area contributed by atoms with E-state index >= 15 is 0 Å². The summed E-state index contributed by atoms with van der Waals surface area (Å²) >= 11 is 0. The van der Waals surface area contributed by atoms with Gasteiger partial charge >= 0.3 is 0 Å². The normalized spacial score (nSPS) is 33.1. The van der Waals surface area contributed by atoms with Crippen molar-refractivity contribution in [3.8, 4) is 0 Å². The van der Waals surface area contributed by atoms with Crippen LogP contribution < -0.4 is 11.1 Å². The van der Waals surface area contributed by atoms with E-state index in [0.717, 1.165) is 19.4 Å². The van der Waals surface area contributed by atoms with Crippen molar-refractivity contribution in [2.45, 2.75) is 45.3 Å². The summed E-state index contributed by atoms with van der Waals surface area (Å²) in [7, 11) is -3.08. The second kappa shape index (κ2) is 6.63. The van der Waals surface area contributed by atoms with Gasteiger partial charge in [-0.2, -0.15) is 0 Å². The number of sulfone groups is 1. The van der Waals surface area contributed by atoms with E-state index in [0.29, 0.717) is 0 Å². The van der Waals surface area contributed by atoms with Crippen molar-refractivity contribution in [1.29, 1.82) is 0 Å². The average molecular weight is 355 g/mol. The van der Waals surface area contributed by atoms with Crippen LogP contribution in [0.1, 0.15) is 33.6 Å². The van der Waals surface area contributed by atoms with Gasteiger partial charge in [0.2, 0.25) is 5.91 Å². The maximum Gasteiger partial charge on any atom is 0.241 e. The fourth-order valence-electron chi connectivity index (χ4n) is 3.65. The number of halogens is 1. The minimum atomic E-state index is -3.08. The van der Waals surface area contributed by atoms with Crippen molar-refractivity contribution in [3.63, 3.8) is 0 Å². The summed E-state index contributed by atoms with van der Waals surface area (Å²) in [5.41, 5.74) is 5.00. The van der Waals surface area contributed by atoms with Crippen LogP contribution in [0, 0.1) is 11.3 Å². The number of hydrogen-bond donors (Lipinski definition) is 2. The molecule has 1 saturated carbocycles. The summed E-state index contributed by atoms with van der Waals surface area (Å²) in [4.78, 5) is 12.5. The number of nitrogens with one attached hydrogen (secondary N) is 1. The molecule has 0 aromatic rings. The molecule has 2 fully saturated rings. The van der Waals surface area contributed by atoms with Gasteiger partial charge in [-0.1, -0.05) is 20.8 Å². The maximum absolute atomic E-state index is 12.5. The third-order valence-corrected chi connectivity index (χ3v) is 6.90. The van der Waals surface area contributed by atoms with Crippen LogP contribution in [0.4, 0.5) is 0 Å². The molecule has 3 atom stereocenters. The predicted molar refractivity (Wildman–Crippen MR) is 87.7 cm³/mol. The Balaban J connectivity index is 0.00000242. The molecule has 2 aliphatic rings. The van der Waals surface area contributed by atoms with Crippen LogP contribution in [-0.4, -0.2) is 50.6 Å². The third-order valence-electron chi connectivity index (χ3n) is 5.20. The largest absolute Gasteiger partial charge is 0.377 e. The minimum absolute atomic E-state index is 0. The van der Waals surface area contributed by atoms with E-state index in [1.807, 2.05) is 13.8 Å². The molecule has 1 heterocycles. The minimum Gasteiger partial charge on any atom is -0.377 e. The van der Waals surface area contributed by atoms with E-state index in [9.17, 15) is 13.2 Å². The van der Waals surface area contributed by atoms with E-state index in [-0.39, 0.29) is 48.4 Å². The first-order valence-corrected chi connectivity index (χ1v) is 9.38. The zero-order chi connectivity index (χ0) is 15.9. The van der Waals surface area contributed by atoms with Gasteiger partial charge in [-0.05, 0) is 12.8 Å². The Bertz CT molecular complexity index is 523. The zero-order valence-electron chi connectivity index (χ0n) is 13.4. The number of nitrogens with two attached hydrogens (primary N) is 1. The van der Waals surface area contributed by atoms with Crippen LogP contribution in [0.15, 0.2) is 0 Å². The highest BCUT2D eigenvalue weighted by atomic mass is 35.5. The molecule has 130 valence electrons. The molecule has 1 amide bonds. The lowest BCUT2D eigenvalue weighted by atomic mass is 9.46. The fraction of sp³-hybridized carbons (Fsp3) is 0.929. The summed E-state index contributed by atoms with van der Waals surface area (Å²) in [5.74, 6) is -0.202. The smallest absolute Gasteiger partial charge is 0.241 e. The third kappa shape index (κ3) is 3.00. The highest BCUT2D eigenvalue weighted by Crippen LogP contribution is 2.57. The fourth-order valence-corrected chi connectivity index (χ4v) is 4.35. The van der Waals surface area contributed by atoms with Crippen LogP contribution in [0.2, 0.25) is 0 Å². The van der Waals surface area contributed by atoms with Crippen molar-refractivity contribution in [1.82, 2.24) is 5.32 Å². The molecule has 0 aromatic heterocycles. The van der Waals surface area contributed by atoms with Gasteiger partial charge in [0.05, 0.1) is 11.9 Å². The molecular formula is C14H27ClN2O4S. The number of carbonyl (C=O) groups is 1. The molecule has 0 radical (unpaired) electrons. The SMILES string of the molecule is CCS(=O)(=O)CCNC(=O)C1(N)C2CCCOC2C1(C)C.Cl. The lowest BCUT2D eigenvalue weighted by molar-refractivity contribution is -0.225. The molecule has 3 unspecified atom stereocenters. The van der Waals surface area contributed by atoms with Crippen LogP contribution in [-0.2, 0) is 19.4 Å². The summed E-state index contributed by atoms with van der Waals surface area (Å²) in [6.07, 6.45) is 1.81. The topological polar surface area (TPSA) is 98.5 Å². The number of rotatable bonds is 5. The van der Waals surface area contributed by atoms with Gasteiger partial charge in [-0.25, -0.2) is 8.42 Å². The van der Waals surface area contributed by atoms with E-state index in [2.05, 4.69) is 5.32 Å². The Labute approximate surface area is 138 Å². The van der Waals surface area contributed by atoms with Gasteiger partial charge in [0.25, 0.3) is 0 Å². The highest BCUT2D eigenvalue weighted by Gasteiger charge is 2.70. The average Bonchev–Trinajstić information content (AvgIpc) is 2.46. The molecule has 22 heavy (non-hydrogen) atoms. The van der Waals surface area contributed by atoms with Gasteiger partial charge in [0, 0.05) is 30.2 Å². The maximum atomic E-state index is 12.5. The monoisotopic (exact) mass is 354 g/mol. The lowest BCUT2D eigenvalue weighted by Crippen LogP contribution is -2.82. The van der Waals surface area contributed by atoms with E-state index in [1.165, 1.54) is 0 Å². The molecular weight excluding hydrogens is 328 g/mol. The van der Waals surface area contributed by atoms with Crippen molar-refractivity contribution in [2.75, 3.05) is 24.7 Å². The molecule has 8 heteroatoms. The Morgan fingerprint density at radius 1 is 1.41 bits per heavy atom. The van der Waals surface area contributed by atoms with E-state index in [1.54, 1.807) is 6.92 Å². The standard InChI is InChI=1S/C14H26N2O4S.ClH/c1-4-21(18,19)9-7-16-12(17)14(15)10-6-5-8-20-11(10)13(14,2)3;/h10-11H,4-9,15H2,1-3H3,(H,16,17);1H. The lowest BCUT2D eigenvalue weighted by Gasteiger charge is -2.65. The Hall–Kier alpha value is -0.370. The quantitative estimate of drug-likeness (QED) is 0.748. The first-order valence-electron chi connectivity index (χ1n) is 7.56. The molecule has 1 aliphatic carbocycles. The number of amides is 1. The summed E-state index contributed by atoms with van der Waals surface area (Å²) in [6.45, 7) is 6.32. The van der Waals surface area contributed by atoms with Gasteiger partial charge in [-0.15, -0.1) is 12.4 Å². The van der Waals surface area contributed by atoms with Crippen molar-refractivity contribution < 1.29 is 17.9 Å². The number of carbonyl (C=O) groups excluding carboxylic acids is 1. The number of fused-ring (bicyclic) bond motifs is 1. The molecule has 6 nitrogen and oxygen atoms in total. The molecule has 0 aromatic carbocycles. The van der Waals surface area contributed by atoms with Crippen molar-refractivity contribution in [3.05, 3.63) is 0 Å². The van der Waals surface area contributed by atoms with Crippen LogP contribution >= 0.6 is 12.4 Å². The summed E-state index contributed by atoms with van der Waals surface area (Å²) in [6, 6.07) is 0. The summed E-state index contributed by atoms with van der Waals surface area (Å²) in [5, 5.41) is 2.71. The molecule has 0 bridgehead atoms. The first-order chi connectivity index (χ1) is 9.67. The first kappa shape index (κ1) is 19.7.